The van der Waals surface area contributed by atoms with Gasteiger partial charge >= 0.3 is 0 Å². The summed E-state index contributed by atoms with van der Waals surface area (Å²) in [6, 6.07) is 13.0. The number of benzene rings is 2. The van der Waals surface area contributed by atoms with Crippen molar-refractivity contribution < 1.29 is 0 Å². The van der Waals surface area contributed by atoms with E-state index >= 15 is 0 Å². The normalized spacial score (nSPS) is 14.6. The summed E-state index contributed by atoms with van der Waals surface area (Å²) < 4.78 is 0. The molecule has 2 aromatic rings. The van der Waals surface area contributed by atoms with Crippen LogP contribution in [0.2, 0.25) is 0 Å². The zero-order chi connectivity index (χ0) is 17.3. The minimum Gasteiger partial charge on any atom is -0.256 e. The molecule has 1 aliphatic rings. The Labute approximate surface area is 145 Å². The van der Waals surface area contributed by atoms with Gasteiger partial charge in [-0.25, -0.2) is 0 Å². The van der Waals surface area contributed by atoms with Gasteiger partial charge in [0.25, 0.3) is 0 Å². The van der Waals surface area contributed by atoms with Crippen molar-refractivity contribution in [1.29, 1.82) is 0 Å². The van der Waals surface area contributed by atoms with Gasteiger partial charge in [-0.1, -0.05) is 53.6 Å². The Morgan fingerprint density at radius 2 is 1.58 bits per heavy atom. The second kappa shape index (κ2) is 6.60. The van der Waals surface area contributed by atoms with Crippen LogP contribution in [0.4, 0.5) is 5.69 Å². The Bertz CT molecular complexity index is 856. The minimum atomic E-state index is 1.02. The molecule has 0 fully saturated rings. The summed E-state index contributed by atoms with van der Waals surface area (Å²) in [5.41, 5.74) is 11.5. The Morgan fingerprint density at radius 1 is 0.917 bits per heavy atom. The maximum Gasteiger partial charge on any atom is 0.0688 e. The fraction of sp³-hybridized carbons (Fsp3) is 0.261. The predicted octanol–water partition coefficient (Wildman–Crippen LogP) is 6.49. The second-order valence-corrected chi connectivity index (χ2v) is 6.79. The molecule has 1 aliphatic carbocycles. The van der Waals surface area contributed by atoms with E-state index in [0.717, 1.165) is 12.1 Å². The number of hydrogen-bond donors (Lipinski definition) is 0. The highest BCUT2D eigenvalue weighted by Gasteiger charge is 2.14. The molecule has 2 aromatic carbocycles. The van der Waals surface area contributed by atoms with E-state index in [1.165, 1.54) is 44.5 Å². The van der Waals surface area contributed by atoms with E-state index in [9.17, 15) is 0 Å². The van der Waals surface area contributed by atoms with Gasteiger partial charge in [0.05, 0.1) is 5.69 Å². The number of aryl methyl sites for hydroxylation is 3. The van der Waals surface area contributed by atoms with Crippen molar-refractivity contribution in [3.63, 3.8) is 0 Å². The van der Waals surface area contributed by atoms with Crippen molar-refractivity contribution in [3.05, 3.63) is 81.4 Å². The van der Waals surface area contributed by atoms with Crippen molar-refractivity contribution in [3.8, 4) is 0 Å². The van der Waals surface area contributed by atoms with Crippen LogP contribution in [-0.2, 0) is 0 Å². The molecule has 0 unspecified atom stereocenters. The zero-order valence-corrected chi connectivity index (χ0v) is 15.3. The molecule has 0 saturated carbocycles. The van der Waals surface area contributed by atoms with Crippen LogP contribution in [0.15, 0.2) is 58.6 Å². The third-order valence-electron chi connectivity index (χ3n) is 4.91. The van der Waals surface area contributed by atoms with Gasteiger partial charge in [-0.2, -0.15) is 0 Å². The number of rotatable bonds is 3. The van der Waals surface area contributed by atoms with E-state index in [1.54, 1.807) is 0 Å². The Balaban J connectivity index is 2.01. The standard InChI is InChI=1S/C23H25N/c1-15-12-17(3)23(18(4)13-15)24-14-20-8-6-7-9-22(20)21-11-10-16(2)19(21)5/h6-10,12-14H,11H2,1-5H3/b24-14+. The third kappa shape index (κ3) is 3.12. The van der Waals surface area contributed by atoms with Crippen molar-refractivity contribution >= 4 is 17.5 Å². The molecular formula is C23H25N. The molecule has 0 N–H and O–H groups in total. The monoisotopic (exact) mass is 315 g/mol. The number of hydrogen-bond acceptors (Lipinski definition) is 1. The molecule has 0 bridgehead atoms. The molecule has 0 amide bonds. The lowest BCUT2D eigenvalue weighted by molar-refractivity contribution is 1.29. The van der Waals surface area contributed by atoms with Crippen LogP contribution in [0.25, 0.3) is 5.57 Å². The van der Waals surface area contributed by atoms with E-state index in [-0.39, 0.29) is 0 Å². The SMILES string of the molecule is CC1=CCC(c2ccccc2/C=N/c2c(C)cc(C)cc2C)=C1C. The number of allylic oxidation sites excluding steroid dienone is 4. The van der Waals surface area contributed by atoms with Gasteiger partial charge in [-0.3, -0.25) is 4.99 Å². The predicted molar refractivity (Wildman–Crippen MR) is 105 cm³/mol. The number of aliphatic imine (C=N–C) groups is 1. The van der Waals surface area contributed by atoms with Crippen LogP contribution >= 0.6 is 0 Å². The minimum absolute atomic E-state index is 1.02. The lowest BCUT2D eigenvalue weighted by Gasteiger charge is -2.10. The summed E-state index contributed by atoms with van der Waals surface area (Å²) in [4.78, 5) is 4.83. The van der Waals surface area contributed by atoms with Crippen LogP contribution in [-0.4, -0.2) is 6.21 Å². The molecule has 0 aromatic heterocycles. The topological polar surface area (TPSA) is 12.4 Å². The highest BCUT2D eigenvalue weighted by atomic mass is 14.7. The summed E-state index contributed by atoms with van der Waals surface area (Å²) in [7, 11) is 0. The summed E-state index contributed by atoms with van der Waals surface area (Å²) in [6.45, 7) is 10.8. The van der Waals surface area contributed by atoms with Gasteiger partial charge in [0, 0.05) is 11.8 Å². The van der Waals surface area contributed by atoms with Crippen LogP contribution in [0.1, 0.15) is 48.1 Å². The molecule has 1 nitrogen and oxygen atoms in total. The van der Waals surface area contributed by atoms with Crippen LogP contribution in [0.3, 0.4) is 0 Å². The molecule has 0 spiro atoms. The maximum atomic E-state index is 4.83. The average Bonchev–Trinajstić information content (AvgIpc) is 2.86. The van der Waals surface area contributed by atoms with Crippen LogP contribution < -0.4 is 0 Å². The molecular weight excluding hydrogens is 290 g/mol. The summed E-state index contributed by atoms with van der Waals surface area (Å²) in [6.07, 6.45) is 5.35. The van der Waals surface area contributed by atoms with Gasteiger partial charge in [0.2, 0.25) is 0 Å². The van der Waals surface area contributed by atoms with E-state index in [2.05, 4.69) is 77.1 Å². The Hall–Kier alpha value is -2.41. The first-order valence-corrected chi connectivity index (χ1v) is 8.55. The van der Waals surface area contributed by atoms with Crippen molar-refractivity contribution in [2.24, 2.45) is 4.99 Å². The second-order valence-electron chi connectivity index (χ2n) is 6.79. The maximum absolute atomic E-state index is 4.83. The van der Waals surface area contributed by atoms with Crippen molar-refractivity contribution in [1.82, 2.24) is 0 Å². The highest BCUT2D eigenvalue weighted by Crippen LogP contribution is 2.34. The molecule has 24 heavy (non-hydrogen) atoms. The van der Waals surface area contributed by atoms with Gasteiger partial charge in [-0.05, 0) is 68.9 Å². The fourth-order valence-corrected chi connectivity index (χ4v) is 3.51. The quantitative estimate of drug-likeness (QED) is 0.574. The third-order valence-corrected chi connectivity index (χ3v) is 4.91. The zero-order valence-electron chi connectivity index (χ0n) is 15.3. The number of nitrogens with zero attached hydrogens (tertiary/aromatic N) is 1. The molecule has 0 heterocycles. The first-order valence-electron chi connectivity index (χ1n) is 8.55. The van der Waals surface area contributed by atoms with Gasteiger partial charge in [0.1, 0.15) is 0 Å². The largest absolute Gasteiger partial charge is 0.256 e. The molecule has 122 valence electrons. The van der Waals surface area contributed by atoms with Crippen LogP contribution in [0, 0.1) is 20.8 Å². The first kappa shape index (κ1) is 16.4. The molecule has 0 atom stereocenters. The lowest BCUT2D eigenvalue weighted by Crippen LogP contribution is -1.93. The van der Waals surface area contributed by atoms with Crippen LogP contribution in [0.5, 0.6) is 0 Å². The van der Waals surface area contributed by atoms with E-state index in [0.29, 0.717) is 0 Å². The van der Waals surface area contributed by atoms with E-state index < -0.39 is 0 Å². The molecule has 0 aliphatic heterocycles. The summed E-state index contributed by atoms with van der Waals surface area (Å²) >= 11 is 0. The molecule has 0 radical (unpaired) electrons. The smallest absolute Gasteiger partial charge is 0.0688 e. The van der Waals surface area contributed by atoms with Crippen molar-refractivity contribution in [2.75, 3.05) is 0 Å². The van der Waals surface area contributed by atoms with Gasteiger partial charge in [0.15, 0.2) is 0 Å². The fourth-order valence-electron chi connectivity index (χ4n) is 3.51. The molecule has 0 saturated heterocycles. The summed E-state index contributed by atoms with van der Waals surface area (Å²) in [5.74, 6) is 0. The first-order chi connectivity index (χ1) is 11.5. The Morgan fingerprint density at radius 3 is 2.21 bits per heavy atom. The van der Waals surface area contributed by atoms with Gasteiger partial charge < -0.3 is 0 Å². The Kier molecular flexibility index (Phi) is 4.53. The lowest BCUT2D eigenvalue weighted by atomic mass is 9.96. The van der Waals surface area contributed by atoms with E-state index in [1.807, 2.05) is 6.21 Å². The summed E-state index contributed by atoms with van der Waals surface area (Å²) in [5, 5.41) is 0. The van der Waals surface area contributed by atoms with Crippen molar-refractivity contribution in [2.45, 2.75) is 41.0 Å². The van der Waals surface area contributed by atoms with Gasteiger partial charge in [-0.15, -0.1) is 0 Å². The highest BCUT2D eigenvalue weighted by molar-refractivity contribution is 5.92. The van der Waals surface area contributed by atoms with E-state index in [4.69, 9.17) is 4.99 Å². The molecule has 1 heteroatoms. The molecule has 3 rings (SSSR count). The average molecular weight is 315 g/mol.